The average Bonchev–Trinajstić information content (AvgIpc) is 2.78. The Morgan fingerprint density at radius 2 is 2.29 bits per heavy atom. The van der Waals surface area contributed by atoms with Crippen molar-refractivity contribution in [1.82, 2.24) is 5.32 Å². The van der Waals surface area contributed by atoms with Crippen LogP contribution >= 0.6 is 11.6 Å². The highest BCUT2D eigenvalue weighted by Crippen LogP contribution is 2.49. The van der Waals surface area contributed by atoms with Crippen LogP contribution in [0.4, 0.5) is 0 Å². The summed E-state index contributed by atoms with van der Waals surface area (Å²) in [6.45, 7) is 2.12. The van der Waals surface area contributed by atoms with Crippen LogP contribution < -0.4 is 5.32 Å². The predicted molar refractivity (Wildman–Crippen MR) is 57.3 cm³/mol. The SMILES string of the molecule is C[C@@H](NC(=O)CCl)[C@H]1C[C@H]2CC[C@H]1C2. The van der Waals surface area contributed by atoms with Crippen LogP contribution in [0.2, 0.25) is 0 Å². The number of carbonyl (C=O) groups excluding carboxylic acids is 1. The van der Waals surface area contributed by atoms with Gasteiger partial charge < -0.3 is 5.32 Å². The summed E-state index contributed by atoms with van der Waals surface area (Å²) in [4.78, 5) is 11.1. The van der Waals surface area contributed by atoms with Crippen molar-refractivity contribution in [2.24, 2.45) is 17.8 Å². The Hall–Kier alpha value is -0.240. The molecule has 0 aromatic carbocycles. The minimum Gasteiger partial charge on any atom is -0.352 e. The standard InChI is InChI=1S/C11H18ClNO/c1-7(13-11(14)6-12)10-5-8-2-3-9(10)4-8/h7-10H,2-6H2,1H3,(H,13,14)/t7-,8+,9+,10-/m1/s1. The molecular formula is C11H18ClNO. The molecular weight excluding hydrogens is 198 g/mol. The topological polar surface area (TPSA) is 29.1 Å². The van der Waals surface area contributed by atoms with Gasteiger partial charge in [-0.15, -0.1) is 11.6 Å². The predicted octanol–water partition coefficient (Wildman–Crippen LogP) is 2.17. The third-order valence-electron chi connectivity index (χ3n) is 3.95. The zero-order valence-corrected chi connectivity index (χ0v) is 9.39. The molecule has 4 atom stereocenters. The summed E-state index contributed by atoms with van der Waals surface area (Å²) >= 11 is 5.47. The molecule has 14 heavy (non-hydrogen) atoms. The molecule has 0 aliphatic heterocycles. The van der Waals surface area contributed by atoms with E-state index in [1.807, 2.05) is 0 Å². The molecule has 0 saturated heterocycles. The number of hydrogen-bond donors (Lipinski definition) is 1. The molecule has 80 valence electrons. The van der Waals surface area contributed by atoms with Gasteiger partial charge in [-0.1, -0.05) is 6.42 Å². The quantitative estimate of drug-likeness (QED) is 0.719. The van der Waals surface area contributed by atoms with E-state index in [0.717, 1.165) is 11.8 Å². The van der Waals surface area contributed by atoms with Gasteiger partial charge in [-0.25, -0.2) is 0 Å². The molecule has 2 bridgehead atoms. The van der Waals surface area contributed by atoms with E-state index in [1.54, 1.807) is 0 Å². The first-order chi connectivity index (χ1) is 6.70. The van der Waals surface area contributed by atoms with Crippen LogP contribution in [0.5, 0.6) is 0 Å². The second kappa shape index (κ2) is 4.09. The summed E-state index contributed by atoms with van der Waals surface area (Å²) in [6.07, 6.45) is 5.49. The van der Waals surface area contributed by atoms with Gasteiger partial charge in [0.1, 0.15) is 5.88 Å². The maximum absolute atomic E-state index is 11.1. The first kappa shape index (κ1) is 10.3. The largest absolute Gasteiger partial charge is 0.352 e. The summed E-state index contributed by atoms with van der Waals surface area (Å²) in [5.74, 6) is 2.58. The van der Waals surface area contributed by atoms with E-state index in [9.17, 15) is 4.79 Å². The van der Waals surface area contributed by atoms with Crippen LogP contribution in [0.25, 0.3) is 0 Å². The van der Waals surface area contributed by atoms with Gasteiger partial charge in [0, 0.05) is 6.04 Å². The second-order valence-electron chi connectivity index (χ2n) is 4.83. The van der Waals surface area contributed by atoms with E-state index in [4.69, 9.17) is 11.6 Å². The number of hydrogen-bond acceptors (Lipinski definition) is 1. The highest BCUT2D eigenvalue weighted by Gasteiger charge is 2.41. The lowest BCUT2D eigenvalue weighted by Crippen LogP contribution is -2.40. The monoisotopic (exact) mass is 215 g/mol. The number of fused-ring (bicyclic) bond motifs is 2. The fourth-order valence-corrected chi connectivity index (χ4v) is 3.38. The molecule has 0 aromatic heterocycles. The highest BCUT2D eigenvalue weighted by molar-refractivity contribution is 6.27. The van der Waals surface area contributed by atoms with Crippen molar-refractivity contribution in [1.29, 1.82) is 0 Å². The molecule has 2 nitrogen and oxygen atoms in total. The minimum absolute atomic E-state index is 0.0260. The first-order valence-electron chi connectivity index (χ1n) is 5.56. The Kier molecular flexibility index (Phi) is 3.01. The minimum atomic E-state index is -0.0260. The maximum Gasteiger partial charge on any atom is 0.235 e. The molecule has 0 unspecified atom stereocenters. The number of rotatable bonds is 3. The number of amides is 1. The molecule has 1 N–H and O–H groups in total. The van der Waals surface area contributed by atoms with Crippen molar-refractivity contribution < 1.29 is 4.79 Å². The van der Waals surface area contributed by atoms with Crippen LogP contribution in [0, 0.1) is 17.8 Å². The van der Waals surface area contributed by atoms with Crippen LogP contribution in [0.1, 0.15) is 32.6 Å². The molecule has 0 spiro atoms. The van der Waals surface area contributed by atoms with Gasteiger partial charge in [0.25, 0.3) is 0 Å². The molecule has 2 saturated carbocycles. The summed E-state index contributed by atoms with van der Waals surface area (Å²) in [5, 5.41) is 2.99. The smallest absolute Gasteiger partial charge is 0.235 e. The van der Waals surface area contributed by atoms with Crippen molar-refractivity contribution in [3.05, 3.63) is 0 Å². The lowest BCUT2D eigenvalue weighted by molar-refractivity contribution is -0.119. The van der Waals surface area contributed by atoms with Crippen LogP contribution in [0.15, 0.2) is 0 Å². The third-order valence-corrected chi connectivity index (χ3v) is 4.19. The fourth-order valence-electron chi connectivity index (χ4n) is 3.31. The van der Waals surface area contributed by atoms with Crippen LogP contribution in [-0.2, 0) is 4.79 Å². The van der Waals surface area contributed by atoms with Crippen molar-refractivity contribution >= 4 is 17.5 Å². The molecule has 2 rings (SSSR count). The van der Waals surface area contributed by atoms with Gasteiger partial charge in [0.15, 0.2) is 0 Å². The van der Waals surface area contributed by atoms with E-state index < -0.39 is 0 Å². The number of halogens is 1. The van der Waals surface area contributed by atoms with Gasteiger partial charge in [0.2, 0.25) is 5.91 Å². The molecule has 0 heterocycles. The Bertz CT molecular complexity index is 231. The summed E-state index contributed by atoms with van der Waals surface area (Å²) in [6, 6.07) is 0.316. The summed E-state index contributed by atoms with van der Waals surface area (Å²) in [5.41, 5.74) is 0. The van der Waals surface area contributed by atoms with Crippen molar-refractivity contribution in [3.8, 4) is 0 Å². The third kappa shape index (κ3) is 1.90. The summed E-state index contributed by atoms with van der Waals surface area (Å²) < 4.78 is 0. The number of nitrogens with one attached hydrogen (secondary N) is 1. The Labute approximate surface area is 90.4 Å². The molecule has 1 amide bonds. The van der Waals surface area contributed by atoms with E-state index >= 15 is 0 Å². The van der Waals surface area contributed by atoms with Gasteiger partial charge >= 0.3 is 0 Å². The first-order valence-corrected chi connectivity index (χ1v) is 6.09. The fraction of sp³-hybridized carbons (Fsp3) is 0.909. The van der Waals surface area contributed by atoms with Gasteiger partial charge in [-0.05, 0) is 43.9 Å². The summed E-state index contributed by atoms with van der Waals surface area (Å²) in [7, 11) is 0. The maximum atomic E-state index is 11.1. The second-order valence-corrected chi connectivity index (χ2v) is 5.10. The molecule has 2 aliphatic carbocycles. The van der Waals surface area contributed by atoms with Crippen LogP contribution in [-0.4, -0.2) is 17.8 Å². The van der Waals surface area contributed by atoms with E-state index in [-0.39, 0.29) is 11.8 Å². The Balaban J connectivity index is 1.86. The Morgan fingerprint density at radius 3 is 2.79 bits per heavy atom. The highest BCUT2D eigenvalue weighted by atomic mass is 35.5. The van der Waals surface area contributed by atoms with Gasteiger partial charge in [0.05, 0.1) is 0 Å². The van der Waals surface area contributed by atoms with E-state index in [1.165, 1.54) is 25.7 Å². The molecule has 2 aliphatic rings. The van der Waals surface area contributed by atoms with Crippen LogP contribution in [0.3, 0.4) is 0 Å². The van der Waals surface area contributed by atoms with Crippen molar-refractivity contribution in [2.75, 3.05) is 5.88 Å². The van der Waals surface area contributed by atoms with E-state index in [0.29, 0.717) is 12.0 Å². The molecule has 3 heteroatoms. The average molecular weight is 216 g/mol. The molecule has 0 aromatic rings. The Morgan fingerprint density at radius 1 is 1.50 bits per heavy atom. The zero-order chi connectivity index (χ0) is 10.1. The molecule has 0 radical (unpaired) electrons. The van der Waals surface area contributed by atoms with Crippen molar-refractivity contribution in [3.63, 3.8) is 0 Å². The lowest BCUT2D eigenvalue weighted by Gasteiger charge is -2.28. The number of alkyl halides is 1. The van der Waals surface area contributed by atoms with Gasteiger partial charge in [-0.3, -0.25) is 4.79 Å². The van der Waals surface area contributed by atoms with Crippen molar-refractivity contribution in [2.45, 2.75) is 38.6 Å². The number of carbonyl (C=O) groups is 1. The molecule has 2 fully saturated rings. The zero-order valence-electron chi connectivity index (χ0n) is 8.63. The normalized spacial score (nSPS) is 37.1. The van der Waals surface area contributed by atoms with E-state index in [2.05, 4.69) is 12.2 Å². The van der Waals surface area contributed by atoms with Gasteiger partial charge in [-0.2, -0.15) is 0 Å². The lowest BCUT2D eigenvalue weighted by atomic mass is 9.84.